The van der Waals surface area contributed by atoms with Crippen LogP contribution in [0.1, 0.15) is 39.0 Å². The van der Waals surface area contributed by atoms with Gasteiger partial charge in [-0.25, -0.2) is 0 Å². The lowest BCUT2D eigenvalue weighted by Crippen LogP contribution is -2.44. The molecule has 0 fully saturated rings. The zero-order valence-corrected chi connectivity index (χ0v) is 20.3. The van der Waals surface area contributed by atoms with Gasteiger partial charge in [-0.15, -0.1) is 0 Å². The smallest absolute Gasteiger partial charge is 0.254 e. The number of rotatable bonds is 5. The summed E-state index contributed by atoms with van der Waals surface area (Å²) in [6, 6.07) is 12.2. The van der Waals surface area contributed by atoms with Crippen molar-refractivity contribution in [3.05, 3.63) is 81.6 Å². The van der Waals surface area contributed by atoms with Crippen molar-refractivity contribution in [3.8, 4) is 11.5 Å². The summed E-state index contributed by atoms with van der Waals surface area (Å²) in [5, 5.41) is 3.03. The molecule has 4 rings (SSSR count). The Bertz CT molecular complexity index is 1220. The first-order valence-electron chi connectivity index (χ1n) is 10.4. The van der Waals surface area contributed by atoms with Crippen molar-refractivity contribution in [2.24, 2.45) is 0 Å². The second-order valence-electron chi connectivity index (χ2n) is 7.89. The highest BCUT2D eigenvalue weighted by atomic mass is 79.9. The molecule has 0 bridgehead atoms. The van der Waals surface area contributed by atoms with Gasteiger partial charge in [0.2, 0.25) is 5.91 Å². The molecule has 0 spiro atoms. The predicted molar refractivity (Wildman–Crippen MR) is 129 cm³/mol. The molecular weight excluding hydrogens is 486 g/mol. The topological polar surface area (TPSA) is 80.8 Å². The number of carbonyl (C=O) groups is 2. The van der Waals surface area contributed by atoms with Crippen LogP contribution >= 0.6 is 15.9 Å². The monoisotopic (exact) mass is 509 g/mol. The molecule has 170 valence electrons. The van der Waals surface area contributed by atoms with Crippen LogP contribution in [0, 0.1) is 6.92 Å². The van der Waals surface area contributed by atoms with E-state index in [1.807, 2.05) is 31.2 Å². The van der Waals surface area contributed by atoms with Crippen LogP contribution in [0.3, 0.4) is 0 Å². The molecule has 3 aromatic rings. The van der Waals surface area contributed by atoms with Crippen molar-refractivity contribution in [1.82, 2.24) is 9.88 Å². The summed E-state index contributed by atoms with van der Waals surface area (Å²) in [6.07, 6.45) is 3.34. The van der Waals surface area contributed by atoms with Gasteiger partial charge in [0.05, 0.1) is 31.9 Å². The van der Waals surface area contributed by atoms with Gasteiger partial charge in [-0.05, 0) is 69.9 Å². The van der Waals surface area contributed by atoms with Crippen molar-refractivity contribution < 1.29 is 19.1 Å². The Hall–Kier alpha value is -3.39. The number of carbonyl (C=O) groups excluding carboxylic acids is 2. The van der Waals surface area contributed by atoms with Gasteiger partial charge in [-0.2, -0.15) is 0 Å². The van der Waals surface area contributed by atoms with Crippen molar-refractivity contribution in [2.75, 3.05) is 26.6 Å². The number of methoxy groups -OCH3 is 2. The third-order valence-corrected chi connectivity index (χ3v) is 6.52. The first kappa shape index (κ1) is 22.8. The highest BCUT2D eigenvalue weighted by Crippen LogP contribution is 2.46. The SMILES string of the molecule is COc1cc2c(cc1OC)[C@@H](C(=O)Nc1ccc(C)cc1Br)[C@H](c1cccnc1)N(C)C2=O. The molecule has 0 aliphatic carbocycles. The molecule has 0 radical (unpaired) electrons. The maximum atomic E-state index is 13.8. The minimum Gasteiger partial charge on any atom is -0.493 e. The summed E-state index contributed by atoms with van der Waals surface area (Å²) in [6.45, 7) is 1.98. The van der Waals surface area contributed by atoms with Crippen LogP contribution in [0.2, 0.25) is 0 Å². The summed E-state index contributed by atoms with van der Waals surface area (Å²) in [5.41, 5.74) is 3.45. The van der Waals surface area contributed by atoms with Crippen LogP contribution < -0.4 is 14.8 Å². The molecule has 0 unspecified atom stereocenters. The number of anilines is 1. The first-order chi connectivity index (χ1) is 15.8. The fourth-order valence-corrected chi connectivity index (χ4v) is 4.82. The Morgan fingerprint density at radius 1 is 1.12 bits per heavy atom. The summed E-state index contributed by atoms with van der Waals surface area (Å²) in [5.74, 6) is -0.285. The first-order valence-corrected chi connectivity index (χ1v) is 11.1. The summed E-state index contributed by atoms with van der Waals surface area (Å²) < 4.78 is 11.7. The Labute approximate surface area is 200 Å². The standard InChI is InChI=1S/C25H24BrN3O4/c1-14-7-8-19(18(26)10-14)28-24(30)22-16-11-20(32-3)21(33-4)12-17(16)25(31)29(2)23(22)15-6-5-9-27-13-15/h5-13,22-23H,1-4H3,(H,28,30)/t22-,23+/m1/s1. The van der Waals surface area contributed by atoms with Crippen molar-refractivity contribution in [2.45, 2.75) is 18.9 Å². The number of nitrogens with zero attached hydrogens (tertiary/aromatic N) is 2. The predicted octanol–water partition coefficient (Wildman–Crippen LogP) is 4.72. The van der Waals surface area contributed by atoms with Gasteiger partial charge < -0.3 is 19.7 Å². The Kier molecular flexibility index (Phi) is 6.37. The van der Waals surface area contributed by atoms with Crippen LogP contribution in [-0.2, 0) is 4.79 Å². The lowest BCUT2D eigenvalue weighted by molar-refractivity contribution is -0.119. The quantitative estimate of drug-likeness (QED) is 0.538. The second-order valence-corrected chi connectivity index (χ2v) is 8.75. The van der Waals surface area contributed by atoms with E-state index in [2.05, 4.69) is 26.2 Å². The Balaban J connectivity index is 1.88. The van der Waals surface area contributed by atoms with Gasteiger partial charge in [0.15, 0.2) is 11.5 Å². The number of hydrogen-bond donors (Lipinski definition) is 1. The van der Waals surface area contributed by atoms with Gasteiger partial charge >= 0.3 is 0 Å². The number of fused-ring (bicyclic) bond motifs is 1. The molecule has 1 aliphatic heterocycles. The highest BCUT2D eigenvalue weighted by molar-refractivity contribution is 9.10. The lowest BCUT2D eigenvalue weighted by atomic mass is 9.79. The molecule has 33 heavy (non-hydrogen) atoms. The number of hydrogen-bond acceptors (Lipinski definition) is 5. The summed E-state index contributed by atoms with van der Waals surface area (Å²) in [4.78, 5) is 33.0. The average molecular weight is 510 g/mol. The number of aromatic nitrogens is 1. The molecule has 2 amide bonds. The molecule has 0 saturated carbocycles. The summed E-state index contributed by atoms with van der Waals surface area (Å²) in [7, 11) is 4.73. The third kappa shape index (κ3) is 4.18. The number of nitrogens with one attached hydrogen (secondary N) is 1. The second kappa shape index (κ2) is 9.23. The maximum Gasteiger partial charge on any atom is 0.254 e. The zero-order chi connectivity index (χ0) is 23.7. The van der Waals surface area contributed by atoms with Crippen molar-refractivity contribution in [1.29, 1.82) is 0 Å². The molecule has 1 aromatic heterocycles. The zero-order valence-electron chi connectivity index (χ0n) is 18.8. The minimum absolute atomic E-state index is 0.208. The largest absolute Gasteiger partial charge is 0.493 e. The van der Waals surface area contributed by atoms with E-state index in [1.165, 1.54) is 14.2 Å². The van der Waals surface area contributed by atoms with Crippen LogP contribution in [0.5, 0.6) is 11.5 Å². The molecule has 2 heterocycles. The van der Waals surface area contributed by atoms with E-state index >= 15 is 0 Å². The van der Waals surface area contributed by atoms with E-state index in [4.69, 9.17) is 9.47 Å². The highest BCUT2D eigenvalue weighted by Gasteiger charge is 2.43. The van der Waals surface area contributed by atoms with E-state index in [1.54, 1.807) is 42.5 Å². The van der Waals surface area contributed by atoms with Gasteiger partial charge in [0.25, 0.3) is 5.91 Å². The van der Waals surface area contributed by atoms with Crippen LogP contribution in [0.15, 0.2) is 59.3 Å². The number of amides is 2. The summed E-state index contributed by atoms with van der Waals surface area (Å²) >= 11 is 3.53. The van der Waals surface area contributed by atoms with Gasteiger partial charge in [0.1, 0.15) is 0 Å². The van der Waals surface area contributed by atoms with Gasteiger partial charge in [-0.3, -0.25) is 14.6 Å². The number of likely N-dealkylation sites (N-methyl/N-ethyl adjacent to an activating group) is 1. The van der Waals surface area contributed by atoms with E-state index in [0.29, 0.717) is 28.3 Å². The van der Waals surface area contributed by atoms with E-state index in [-0.39, 0.29) is 11.8 Å². The number of pyridine rings is 1. The number of benzene rings is 2. The van der Waals surface area contributed by atoms with Crippen LogP contribution in [0.25, 0.3) is 0 Å². The molecule has 2 aromatic carbocycles. The van der Waals surface area contributed by atoms with Gasteiger partial charge in [0, 0.05) is 29.5 Å². The molecule has 1 aliphatic rings. The van der Waals surface area contributed by atoms with Gasteiger partial charge in [-0.1, -0.05) is 12.1 Å². The number of aryl methyl sites for hydroxylation is 1. The number of halogens is 1. The molecule has 2 atom stereocenters. The molecule has 1 N–H and O–H groups in total. The number of ether oxygens (including phenoxy) is 2. The molecular formula is C25H24BrN3O4. The lowest BCUT2D eigenvalue weighted by Gasteiger charge is -2.40. The Morgan fingerprint density at radius 2 is 1.85 bits per heavy atom. The molecule has 8 heteroatoms. The fourth-order valence-electron chi connectivity index (χ4n) is 4.23. The van der Waals surface area contributed by atoms with E-state index in [9.17, 15) is 9.59 Å². The van der Waals surface area contributed by atoms with Crippen LogP contribution in [-0.4, -0.2) is 43.0 Å². The average Bonchev–Trinajstić information content (AvgIpc) is 2.82. The molecule has 0 saturated heterocycles. The third-order valence-electron chi connectivity index (χ3n) is 5.87. The fraction of sp³-hybridized carbons (Fsp3) is 0.240. The Morgan fingerprint density at radius 3 is 2.48 bits per heavy atom. The minimum atomic E-state index is -0.708. The normalized spacial score (nSPS) is 17.4. The molecule has 7 nitrogen and oxygen atoms in total. The maximum absolute atomic E-state index is 13.8. The van der Waals surface area contributed by atoms with Crippen molar-refractivity contribution in [3.63, 3.8) is 0 Å². The van der Waals surface area contributed by atoms with Crippen molar-refractivity contribution >= 4 is 33.4 Å². The van der Waals surface area contributed by atoms with Crippen LogP contribution in [0.4, 0.5) is 5.69 Å². The van der Waals surface area contributed by atoms with E-state index in [0.717, 1.165) is 15.6 Å². The van der Waals surface area contributed by atoms with E-state index < -0.39 is 12.0 Å².